The molecule has 17 heavy (non-hydrogen) atoms. The topological polar surface area (TPSA) is 110 Å². The van der Waals surface area contributed by atoms with E-state index in [-0.39, 0.29) is 11.7 Å². The average Bonchev–Trinajstić information content (AvgIpc) is 2.13. The number of carbonyl (C=O) groups excluding carboxylic acids is 1. The zero-order chi connectivity index (χ0) is 13.6. The molecule has 0 saturated carbocycles. The number of carbonyl (C=O) groups is 2. The third-order valence-corrected chi connectivity index (χ3v) is 3.52. The largest absolute Gasteiger partial charge is 0.480 e. The Morgan fingerprint density at radius 2 is 1.88 bits per heavy atom. The van der Waals surface area contributed by atoms with E-state index in [1.54, 1.807) is 13.8 Å². The fraction of sp³-hybridized carbons (Fsp3) is 0.778. The quantitative estimate of drug-likeness (QED) is 0.606. The molecule has 100 valence electrons. The molecular weight excluding hydrogens is 250 g/mol. The summed E-state index contributed by atoms with van der Waals surface area (Å²) in [4.78, 5) is 21.7. The van der Waals surface area contributed by atoms with E-state index in [1.807, 2.05) is 4.72 Å². The van der Waals surface area contributed by atoms with E-state index in [4.69, 9.17) is 5.11 Å². The maximum atomic E-state index is 11.5. The van der Waals surface area contributed by atoms with Crippen molar-refractivity contribution in [2.75, 3.05) is 12.9 Å². The second-order valence-electron chi connectivity index (χ2n) is 3.96. The number of carboxylic acid groups (broad SMARTS) is 1. The smallest absolute Gasteiger partial charge is 0.322 e. The zero-order valence-corrected chi connectivity index (χ0v) is 10.8. The third-order valence-electron chi connectivity index (χ3n) is 1.77. The molecule has 0 aliphatic rings. The Kier molecular flexibility index (Phi) is 6.11. The van der Waals surface area contributed by atoms with Crippen molar-refractivity contribution in [3.05, 3.63) is 0 Å². The summed E-state index contributed by atoms with van der Waals surface area (Å²) in [7, 11) is -2.62. The summed E-state index contributed by atoms with van der Waals surface area (Å²) in [6, 6.07) is -1.49. The Morgan fingerprint density at radius 1 is 1.35 bits per heavy atom. The molecule has 0 spiro atoms. The summed E-state index contributed by atoms with van der Waals surface area (Å²) >= 11 is 0. The van der Waals surface area contributed by atoms with Gasteiger partial charge in [0.2, 0.25) is 10.0 Å². The fourth-order valence-electron chi connectivity index (χ4n) is 1.13. The average molecular weight is 267 g/mol. The Morgan fingerprint density at radius 3 is 2.24 bits per heavy atom. The third kappa shape index (κ3) is 6.90. The highest BCUT2D eigenvalue weighted by molar-refractivity contribution is 7.89. The molecule has 0 bridgehead atoms. The molecule has 0 amide bonds. The van der Waals surface area contributed by atoms with Crippen molar-refractivity contribution in [2.45, 2.75) is 26.3 Å². The second kappa shape index (κ2) is 6.55. The van der Waals surface area contributed by atoms with Crippen LogP contribution in [-0.4, -0.2) is 44.4 Å². The summed E-state index contributed by atoms with van der Waals surface area (Å²) in [5.41, 5.74) is 0. The van der Waals surface area contributed by atoms with Gasteiger partial charge >= 0.3 is 11.9 Å². The van der Waals surface area contributed by atoms with Crippen LogP contribution in [0.3, 0.4) is 0 Å². The van der Waals surface area contributed by atoms with Crippen molar-refractivity contribution in [1.82, 2.24) is 4.72 Å². The monoisotopic (exact) mass is 267 g/mol. The summed E-state index contributed by atoms with van der Waals surface area (Å²) in [6.07, 6.45) is -0.539. The Bertz CT molecular complexity index is 375. The van der Waals surface area contributed by atoms with Crippen LogP contribution < -0.4 is 4.72 Å². The van der Waals surface area contributed by atoms with Crippen LogP contribution in [0.15, 0.2) is 0 Å². The van der Waals surface area contributed by atoms with Crippen LogP contribution in [0.25, 0.3) is 0 Å². The highest BCUT2D eigenvalue weighted by Gasteiger charge is 2.27. The predicted molar refractivity (Wildman–Crippen MR) is 59.8 cm³/mol. The van der Waals surface area contributed by atoms with E-state index in [0.29, 0.717) is 0 Å². The van der Waals surface area contributed by atoms with Gasteiger partial charge in [0.05, 0.1) is 19.3 Å². The number of sulfonamides is 1. The molecule has 8 heteroatoms. The van der Waals surface area contributed by atoms with Crippen LogP contribution in [0.1, 0.15) is 20.3 Å². The Hall–Kier alpha value is -1.15. The number of esters is 1. The fourth-order valence-corrected chi connectivity index (χ4v) is 2.72. The first-order chi connectivity index (χ1) is 7.68. The van der Waals surface area contributed by atoms with Gasteiger partial charge in [0.1, 0.15) is 6.04 Å². The van der Waals surface area contributed by atoms with Crippen LogP contribution in [0.2, 0.25) is 0 Å². The van der Waals surface area contributed by atoms with Crippen LogP contribution in [0.4, 0.5) is 0 Å². The minimum absolute atomic E-state index is 0.139. The van der Waals surface area contributed by atoms with Crippen molar-refractivity contribution >= 4 is 22.0 Å². The number of methoxy groups -OCH3 is 1. The van der Waals surface area contributed by atoms with Crippen molar-refractivity contribution in [1.29, 1.82) is 0 Å². The first kappa shape index (κ1) is 15.9. The minimum Gasteiger partial charge on any atom is -0.480 e. The SMILES string of the molecule is COC(=O)C[C@H](NS(=O)(=O)CC(C)C)C(=O)O. The van der Waals surface area contributed by atoms with Crippen molar-refractivity contribution in [3.63, 3.8) is 0 Å². The minimum atomic E-state index is -3.72. The van der Waals surface area contributed by atoms with Gasteiger partial charge in [-0.15, -0.1) is 0 Å². The first-order valence-electron chi connectivity index (χ1n) is 4.97. The Labute approximate surface area is 100 Å². The van der Waals surface area contributed by atoms with Crippen LogP contribution in [0.5, 0.6) is 0 Å². The molecule has 0 saturated heterocycles. The molecule has 2 N–H and O–H groups in total. The van der Waals surface area contributed by atoms with Gasteiger partial charge in [0.25, 0.3) is 0 Å². The van der Waals surface area contributed by atoms with E-state index in [9.17, 15) is 18.0 Å². The summed E-state index contributed by atoms with van der Waals surface area (Å²) in [6.45, 7) is 3.38. The molecule has 1 atom stereocenters. The van der Waals surface area contributed by atoms with Crippen LogP contribution in [0, 0.1) is 5.92 Å². The van der Waals surface area contributed by atoms with Gasteiger partial charge in [0, 0.05) is 0 Å². The van der Waals surface area contributed by atoms with Gasteiger partial charge in [0.15, 0.2) is 0 Å². The number of nitrogens with one attached hydrogen (secondary N) is 1. The molecular formula is C9H17NO6S. The van der Waals surface area contributed by atoms with E-state index in [0.717, 1.165) is 7.11 Å². The standard InChI is InChI=1S/C9H17NO6S/c1-6(2)5-17(14,15)10-7(9(12)13)4-8(11)16-3/h6-7,10H,4-5H2,1-3H3,(H,12,13)/t7-/m0/s1. The van der Waals surface area contributed by atoms with Gasteiger partial charge in [-0.25, -0.2) is 13.1 Å². The van der Waals surface area contributed by atoms with Gasteiger partial charge in [-0.2, -0.15) is 0 Å². The maximum absolute atomic E-state index is 11.5. The summed E-state index contributed by atoms with van der Waals surface area (Å²) in [5, 5.41) is 8.78. The number of hydrogen-bond acceptors (Lipinski definition) is 5. The number of carboxylic acids is 1. The number of aliphatic carboxylic acids is 1. The lowest BCUT2D eigenvalue weighted by molar-refractivity contribution is -0.147. The lowest BCUT2D eigenvalue weighted by Crippen LogP contribution is -2.43. The lowest BCUT2D eigenvalue weighted by Gasteiger charge is -2.14. The molecule has 0 aromatic carbocycles. The van der Waals surface area contributed by atoms with Crippen LogP contribution in [-0.2, 0) is 24.3 Å². The second-order valence-corrected chi connectivity index (χ2v) is 5.76. The predicted octanol–water partition coefficient (Wildman–Crippen LogP) is -0.422. The van der Waals surface area contributed by atoms with Gasteiger partial charge in [-0.1, -0.05) is 13.8 Å². The van der Waals surface area contributed by atoms with E-state index in [1.165, 1.54) is 0 Å². The molecule has 7 nitrogen and oxygen atoms in total. The zero-order valence-electron chi connectivity index (χ0n) is 9.97. The van der Waals surface area contributed by atoms with Crippen molar-refractivity contribution in [3.8, 4) is 0 Å². The van der Waals surface area contributed by atoms with Gasteiger partial charge < -0.3 is 9.84 Å². The number of hydrogen-bond donors (Lipinski definition) is 2. The molecule has 0 radical (unpaired) electrons. The highest BCUT2D eigenvalue weighted by Crippen LogP contribution is 2.02. The molecule has 0 unspecified atom stereocenters. The molecule has 0 aliphatic heterocycles. The maximum Gasteiger partial charge on any atom is 0.322 e. The lowest BCUT2D eigenvalue weighted by atomic mass is 10.2. The molecule has 0 fully saturated rings. The van der Waals surface area contributed by atoms with Crippen LogP contribution >= 0.6 is 0 Å². The van der Waals surface area contributed by atoms with Crippen molar-refractivity contribution < 1.29 is 27.9 Å². The van der Waals surface area contributed by atoms with E-state index in [2.05, 4.69) is 4.74 Å². The number of ether oxygens (including phenoxy) is 1. The first-order valence-corrected chi connectivity index (χ1v) is 6.62. The van der Waals surface area contributed by atoms with Crippen molar-refractivity contribution in [2.24, 2.45) is 5.92 Å². The highest BCUT2D eigenvalue weighted by atomic mass is 32.2. The Balaban J connectivity index is 4.66. The molecule has 0 heterocycles. The van der Waals surface area contributed by atoms with Gasteiger partial charge in [-0.05, 0) is 5.92 Å². The normalized spacial score (nSPS) is 13.4. The van der Waals surface area contributed by atoms with Gasteiger partial charge in [-0.3, -0.25) is 9.59 Å². The molecule has 0 aliphatic carbocycles. The summed E-state index contributed by atoms with van der Waals surface area (Å²) < 4.78 is 29.2. The van der Waals surface area contributed by atoms with E-state index < -0.39 is 34.4 Å². The number of rotatable bonds is 7. The van der Waals surface area contributed by atoms with E-state index >= 15 is 0 Å². The molecule has 0 aromatic rings. The summed E-state index contributed by atoms with van der Waals surface area (Å²) in [5.74, 6) is -2.54. The molecule has 0 aromatic heterocycles. The molecule has 0 rings (SSSR count).